The van der Waals surface area contributed by atoms with Gasteiger partial charge in [-0.3, -0.25) is 0 Å². The number of carbonyl (C=O) groups is 1. The van der Waals surface area contributed by atoms with Crippen LogP contribution in [0.5, 0.6) is 0 Å². The first-order valence-electron chi connectivity index (χ1n) is 6.96. The lowest BCUT2D eigenvalue weighted by Crippen LogP contribution is -2.14. The van der Waals surface area contributed by atoms with Gasteiger partial charge in [0.05, 0.1) is 5.69 Å². The quantitative estimate of drug-likeness (QED) is 0.676. The van der Waals surface area contributed by atoms with Crippen molar-refractivity contribution >= 4 is 11.8 Å². The molecule has 0 aliphatic carbocycles. The summed E-state index contributed by atoms with van der Waals surface area (Å²) in [6.45, 7) is 7.67. The van der Waals surface area contributed by atoms with Gasteiger partial charge in [-0.15, -0.1) is 5.10 Å². The second-order valence-corrected chi connectivity index (χ2v) is 4.69. The molecule has 1 aromatic heterocycles. The maximum Gasteiger partial charge on any atom is 0.339 e. The fourth-order valence-electron chi connectivity index (χ4n) is 1.72. The van der Waals surface area contributed by atoms with E-state index in [0.717, 1.165) is 25.9 Å². The number of ether oxygens (including phenoxy) is 1. The number of anilines is 1. The van der Waals surface area contributed by atoms with Crippen LogP contribution in [0.15, 0.2) is 0 Å². The summed E-state index contributed by atoms with van der Waals surface area (Å²) in [5, 5.41) is 20.1. The van der Waals surface area contributed by atoms with E-state index in [1.807, 2.05) is 0 Å². The van der Waals surface area contributed by atoms with E-state index in [-0.39, 0.29) is 5.56 Å². The first-order chi connectivity index (χ1) is 9.57. The molecule has 0 spiro atoms. The van der Waals surface area contributed by atoms with Gasteiger partial charge in [-0.25, -0.2) is 4.79 Å². The number of rotatable bonds is 9. The lowest BCUT2D eigenvalue weighted by molar-refractivity contribution is 0.0696. The van der Waals surface area contributed by atoms with Crippen molar-refractivity contribution < 1.29 is 14.6 Å². The number of carboxylic acid groups (broad SMARTS) is 1. The molecule has 6 heteroatoms. The van der Waals surface area contributed by atoms with Crippen LogP contribution >= 0.6 is 0 Å². The number of nitrogens with zero attached hydrogens (tertiary/aromatic N) is 2. The summed E-state index contributed by atoms with van der Waals surface area (Å²) in [7, 11) is 0. The summed E-state index contributed by atoms with van der Waals surface area (Å²) in [4.78, 5) is 11.3. The molecule has 0 amide bonds. The van der Waals surface area contributed by atoms with Gasteiger partial charge in [0, 0.05) is 19.8 Å². The Bertz CT molecular complexity index is 450. The third kappa shape index (κ3) is 4.77. The van der Waals surface area contributed by atoms with E-state index < -0.39 is 5.97 Å². The van der Waals surface area contributed by atoms with E-state index in [9.17, 15) is 9.90 Å². The Kier molecular flexibility index (Phi) is 6.93. The van der Waals surface area contributed by atoms with Crippen LogP contribution in [0.4, 0.5) is 5.82 Å². The van der Waals surface area contributed by atoms with E-state index in [0.29, 0.717) is 30.2 Å². The van der Waals surface area contributed by atoms with E-state index in [1.165, 1.54) is 0 Å². The number of nitrogens with one attached hydrogen (secondary N) is 1. The molecule has 0 atom stereocenters. The zero-order chi connectivity index (χ0) is 15.0. The normalized spacial score (nSPS) is 10.6. The van der Waals surface area contributed by atoms with Crippen LogP contribution in [0.25, 0.3) is 0 Å². The molecule has 1 aromatic rings. The topological polar surface area (TPSA) is 84.3 Å². The molecule has 0 aromatic carbocycles. The first-order valence-corrected chi connectivity index (χ1v) is 6.96. The summed E-state index contributed by atoms with van der Waals surface area (Å²) in [5.41, 5.74) is 1.48. The summed E-state index contributed by atoms with van der Waals surface area (Å²) in [6, 6.07) is 0. The number of aryl methyl sites for hydroxylation is 1. The van der Waals surface area contributed by atoms with Gasteiger partial charge >= 0.3 is 5.97 Å². The van der Waals surface area contributed by atoms with Crippen molar-refractivity contribution in [3.05, 3.63) is 16.8 Å². The zero-order valence-electron chi connectivity index (χ0n) is 12.4. The van der Waals surface area contributed by atoms with Crippen LogP contribution in [-0.4, -0.2) is 41.0 Å². The van der Waals surface area contributed by atoms with Crippen LogP contribution in [0.1, 0.15) is 47.8 Å². The van der Waals surface area contributed by atoms with Gasteiger partial charge < -0.3 is 15.2 Å². The van der Waals surface area contributed by atoms with Gasteiger partial charge in [0.2, 0.25) is 0 Å². The molecule has 2 N–H and O–H groups in total. The molecule has 0 saturated heterocycles. The third-order valence-corrected chi connectivity index (χ3v) is 3.07. The molecule has 0 bridgehead atoms. The molecule has 20 heavy (non-hydrogen) atoms. The van der Waals surface area contributed by atoms with Crippen molar-refractivity contribution in [1.29, 1.82) is 0 Å². The SMILES string of the molecule is CCCCOCCCNc1nnc(C)c(C)c1C(=O)O. The highest BCUT2D eigenvalue weighted by Crippen LogP contribution is 2.18. The standard InChI is InChI=1S/C14H23N3O3/c1-4-5-8-20-9-6-7-15-13-12(14(18)19)10(2)11(3)16-17-13/h4-9H2,1-3H3,(H,15,17)(H,18,19). The van der Waals surface area contributed by atoms with Crippen molar-refractivity contribution in [3.8, 4) is 0 Å². The molecule has 0 fully saturated rings. The molecular formula is C14H23N3O3. The molecule has 0 unspecified atom stereocenters. The van der Waals surface area contributed by atoms with Gasteiger partial charge in [0.25, 0.3) is 0 Å². The minimum atomic E-state index is -0.984. The van der Waals surface area contributed by atoms with Crippen molar-refractivity contribution in [2.45, 2.75) is 40.0 Å². The number of aromatic carboxylic acids is 1. The molecular weight excluding hydrogens is 258 g/mol. The number of carboxylic acids is 1. The van der Waals surface area contributed by atoms with Gasteiger partial charge in [-0.2, -0.15) is 5.10 Å². The maximum absolute atomic E-state index is 11.3. The molecule has 1 rings (SSSR count). The van der Waals surface area contributed by atoms with E-state index >= 15 is 0 Å². The minimum Gasteiger partial charge on any atom is -0.478 e. The van der Waals surface area contributed by atoms with Crippen LogP contribution in [0.2, 0.25) is 0 Å². The van der Waals surface area contributed by atoms with Gasteiger partial charge in [-0.1, -0.05) is 13.3 Å². The lowest BCUT2D eigenvalue weighted by Gasteiger charge is -2.11. The van der Waals surface area contributed by atoms with Gasteiger partial charge in [-0.05, 0) is 32.3 Å². The zero-order valence-corrected chi connectivity index (χ0v) is 12.4. The Morgan fingerprint density at radius 2 is 1.95 bits per heavy atom. The van der Waals surface area contributed by atoms with Crippen molar-refractivity contribution in [2.24, 2.45) is 0 Å². The van der Waals surface area contributed by atoms with E-state index in [4.69, 9.17) is 4.74 Å². The molecule has 6 nitrogen and oxygen atoms in total. The summed E-state index contributed by atoms with van der Waals surface area (Å²) >= 11 is 0. The molecule has 0 radical (unpaired) electrons. The van der Waals surface area contributed by atoms with Crippen LogP contribution in [-0.2, 0) is 4.74 Å². The Hall–Kier alpha value is -1.69. The van der Waals surface area contributed by atoms with Crippen LogP contribution < -0.4 is 5.32 Å². The second-order valence-electron chi connectivity index (χ2n) is 4.69. The summed E-state index contributed by atoms with van der Waals surface area (Å²) in [6.07, 6.45) is 3.00. The highest BCUT2D eigenvalue weighted by Gasteiger charge is 2.17. The molecule has 0 aliphatic rings. The molecule has 1 heterocycles. The maximum atomic E-state index is 11.3. The van der Waals surface area contributed by atoms with Gasteiger partial charge in [0.15, 0.2) is 5.82 Å². The second kappa shape index (κ2) is 8.47. The average Bonchev–Trinajstić information content (AvgIpc) is 2.41. The summed E-state index contributed by atoms with van der Waals surface area (Å²) < 4.78 is 5.44. The smallest absolute Gasteiger partial charge is 0.339 e. The fourth-order valence-corrected chi connectivity index (χ4v) is 1.72. The Morgan fingerprint density at radius 1 is 1.25 bits per heavy atom. The van der Waals surface area contributed by atoms with Crippen molar-refractivity contribution in [1.82, 2.24) is 10.2 Å². The largest absolute Gasteiger partial charge is 0.478 e. The number of hydrogen-bond donors (Lipinski definition) is 2. The van der Waals surface area contributed by atoms with Gasteiger partial charge in [0.1, 0.15) is 5.56 Å². The highest BCUT2D eigenvalue weighted by atomic mass is 16.5. The fraction of sp³-hybridized carbons (Fsp3) is 0.643. The highest BCUT2D eigenvalue weighted by molar-refractivity contribution is 5.94. The summed E-state index contributed by atoms with van der Waals surface area (Å²) in [5.74, 6) is -0.656. The third-order valence-electron chi connectivity index (χ3n) is 3.07. The number of unbranched alkanes of at least 4 members (excludes halogenated alkanes) is 1. The minimum absolute atomic E-state index is 0.199. The van der Waals surface area contributed by atoms with E-state index in [1.54, 1.807) is 13.8 Å². The number of aromatic nitrogens is 2. The first kappa shape index (κ1) is 16.4. The van der Waals surface area contributed by atoms with Crippen LogP contribution in [0.3, 0.4) is 0 Å². The predicted molar refractivity (Wildman–Crippen MR) is 77.3 cm³/mol. The average molecular weight is 281 g/mol. The van der Waals surface area contributed by atoms with Crippen LogP contribution in [0, 0.1) is 13.8 Å². The van der Waals surface area contributed by atoms with Crippen molar-refractivity contribution in [3.63, 3.8) is 0 Å². The van der Waals surface area contributed by atoms with E-state index in [2.05, 4.69) is 22.4 Å². The molecule has 0 saturated carbocycles. The number of hydrogen-bond acceptors (Lipinski definition) is 5. The predicted octanol–water partition coefficient (Wildman–Crippen LogP) is 2.41. The lowest BCUT2D eigenvalue weighted by atomic mass is 10.1. The Balaban J connectivity index is 2.48. The molecule has 0 aliphatic heterocycles. The monoisotopic (exact) mass is 281 g/mol. The van der Waals surface area contributed by atoms with Crippen molar-refractivity contribution in [2.75, 3.05) is 25.1 Å². The molecule has 112 valence electrons. The Labute approximate surface area is 119 Å². The Morgan fingerprint density at radius 3 is 2.60 bits per heavy atom.